The number of phenolic OH excluding ortho intramolecular Hbond substituents is 1. The van der Waals surface area contributed by atoms with Crippen molar-refractivity contribution in [2.45, 2.75) is 13.8 Å². The Balaban J connectivity index is 0.000000177. The lowest BCUT2D eigenvalue weighted by atomic mass is 10.2. The van der Waals surface area contributed by atoms with Crippen LogP contribution in [-0.2, 0) is 4.79 Å². The lowest BCUT2D eigenvalue weighted by Gasteiger charge is -2.00. The number of nitriles is 2. The van der Waals surface area contributed by atoms with Gasteiger partial charge in [-0.15, -0.1) is 11.6 Å². The second-order valence-electron chi connectivity index (χ2n) is 15.5. The van der Waals surface area contributed by atoms with Crippen LogP contribution in [0.1, 0.15) is 56.4 Å². The highest BCUT2D eigenvalue weighted by Gasteiger charge is 2.13. The number of imidazole rings is 1. The highest BCUT2D eigenvalue weighted by atomic mass is 79.9. The molecule has 388 valence electrons. The molecule has 20 heteroatoms. The first-order valence-corrected chi connectivity index (χ1v) is 24.0. The molecule has 0 saturated heterocycles. The zero-order valence-electron chi connectivity index (χ0n) is 41.7. The molecule has 6 heterocycles. The fourth-order valence-electron chi connectivity index (χ4n) is 6.39. The number of anilines is 1. The summed E-state index contributed by atoms with van der Waals surface area (Å²) in [4.78, 5) is 50.6. The molecule has 0 aliphatic heterocycles. The molecule has 3 N–H and O–H groups in total. The van der Waals surface area contributed by atoms with Crippen LogP contribution in [-0.4, -0.2) is 82.8 Å². The van der Waals surface area contributed by atoms with E-state index in [0.29, 0.717) is 63.1 Å². The largest absolute Gasteiger partial charge is 0.507 e. The number of methoxy groups -OCH3 is 4. The lowest BCUT2D eigenvalue weighted by molar-refractivity contribution is -0.114. The zero-order valence-corrected chi connectivity index (χ0v) is 44.0. The number of hydrogen-bond acceptors (Lipinski definition) is 17. The maximum absolute atomic E-state index is 11.4. The number of hydrogen-bond donors (Lipinski definition) is 2. The van der Waals surface area contributed by atoms with E-state index in [2.05, 4.69) is 32.0 Å². The van der Waals surface area contributed by atoms with Crippen LogP contribution >= 0.6 is 27.5 Å². The van der Waals surface area contributed by atoms with E-state index in [1.807, 2.05) is 59.3 Å². The summed E-state index contributed by atoms with van der Waals surface area (Å²) in [5, 5.41) is 29.3. The predicted octanol–water partition coefficient (Wildman–Crippen LogP) is 11.9. The van der Waals surface area contributed by atoms with E-state index < -0.39 is 0 Å². The summed E-state index contributed by atoms with van der Waals surface area (Å²) < 4.78 is 38.6. The quantitative estimate of drug-likeness (QED) is 0.0732. The second kappa shape index (κ2) is 28.1. The zero-order chi connectivity index (χ0) is 55.3. The van der Waals surface area contributed by atoms with E-state index in [9.17, 15) is 19.2 Å². The van der Waals surface area contributed by atoms with E-state index >= 15 is 0 Å². The number of aromatic nitrogens is 3. The summed E-state index contributed by atoms with van der Waals surface area (Å²) in [5.74, 6) is 4.67. The van der Waals surface area contributed by atoms with Crippen molar-refractivity contribution in [3.05, 3.63) is 162 Å². The van der Waals surface area contributed by atoms with Crippen LogP contribution in [0.5, 0.6) is 28.7 Å². The van der Waals surface area contributed by atoms with Gasteiger partial charge < -0.3 is 47.4 Å². The van der Waals surface area contributed by atoms with Crippen LogP contribution in [0.25, 0.3) is 50.0 Å². The number of aldehydes is 1. The van der Waals surface area contributed by atoms with E-state index in [-0.39, 0.29) is 39.9 Å². The number of halogens is 2. The molecule has 0 spiro atoms. The van der Waals surface area contributed by atoms with Gasteiger partial charge in [-0.2, -0.15) is 10.5 Å². The van der Waals surface area contributed by atoms with Crippen LogP contribution in [0.2, 0.25) is 0 Å². The molecule has 0 bridgehead atoms. The van der Waals surface area contributed by atoms with Crippen LogP contribution in [0.3, 0.4) is 0 Å². The Labute approximate surface area is 448 Å². The fourth-order valence-corrected chi connectivity index (χ4v) is 6.67. The summed E-state index contributed by atoms with van der Waals surface area (Å²) >= 11 is 8.09. The van der Waals surface area contributed by atoms with Crippen molar-refractivity contribution in [3.8, 4) is 52.3 Å². The minimum Gasteiger partial charge on any atom is -0.507 e. The molecular weight excluding hydrogens is 1060 g/mol. The molecule has 0 aliphatic carbocycles. The molecular formula is C56H48BrClN6O12. The lowest BCUT2D eigenvalue weighted by Crippen LogP contribution is -1.96. The summed E-state index contributed by atoms with van der Waals surface area (Å²) in [6.45, 7) is 2.93. The number of ether oxygens (including phenoxy) is 4. The Kier molecular flexibility index (Phi) is 21.3. The van der Waals surface area contributed by atoms with Gasteiger partial charge in [0.1, 0.15) is 68.4 Å². The summed E-state index contributed by atoms with van der Waals surface area (Å²) in [7, 11) is 6.34. The van der Waals surface area contributed by atoms with Gasteiger partial charge in [0.05, 0.1) is 68.5 Å². The van der Waals surface area contributed by atoms with E-state index in [0.717, 1.165) is 44.7 Å². The van der Waals surface area contributed by atoms with Crippen molar-refractivity contribution in [1.82, 2.24) is 14.4 Å². The van der Waals surface area contributed by atoms with Crippen molar-refractivity contribution < 1.29 is 56.5 Å². The highest BCUT2D eigenvalue weighted by molar-refractivity contribution is 9.09. The maximum Gasteiger partial charge on any atom is 0.208 e. The molecule has 4 aromatic carbocycles. The van der Waals surface area contributed by atoms with Gasteiger partial charge in [0.25, 0.3) is 0 Å². The molecule has 10 aromatic rings. The first-order valence-electron chi connectivity index (χ1n) is 22.3. The number of fused-ring (bicyclic) bond motifs is 4. The fraction of sp³-hybridized carbons (Fsp3) is 0.143. The topological polar surface area (TPSA) is 269 Å². The van der Waals surface area contributed by atoms with E-state index in [1.165, 1.54) is 45.4 Å². The van der Waals surface area contributed by atoms with Gasteiger partial charge in [0.2, 0.25) is 5.78 Å². The third-order valence-electron chi connectivity index (χ3n) is 10.2. The normalized spacial score (nSPS) is 9.97. The molecule has 0 amide bonds. The number of nitrogens with zero attached hydrogens (tertiary/aromatic N) is 5. The number of nitrogen functional groups attached to an aromatic ring is 1. The molecule has 18 nitrogen and oxygen atoms in total. The van der Waals surface area contributed by atoms with Crippen molar-refractivity contribution in [1.29, 1.82) is 10.5 Å². The molecule has 0 fully saturated rings. The number of rotatable bonds is 10. The molecule has 0 saturated carbocycles. The number of carbonyl (C=O) groups excluding carboxylic acids is 4. The van der Waals surface area contributed by atoms with Gasteiger partial charge in [-0.3, -0.25) is 19.2 Å². The first-order chi connectivity index (χ1) is 36.6. The average molecular weight is 1110 g/mol. The Morgan fingerprint density at radius 3 is 1.70 bits per heavy atom. The van der Waals surface area contributed by atoms with Crippen molar-refractivity contribution in [2.24, 2.45) is 0 Å². The maximum atomic E-state index is 11.4. The smallest absolute Gasteiger partial charge is 0.208 e. The monoisotopic (exact) mass is 1110 g/mol. The number of nitrogens with two attached hydrogens (primary N) is 1. The number of carbonyl (C=O) groups is 4. The number of aromatic hydroxyl groups is 1. The number of Topliss-reactive ketones (excluding diaryl/α,β-unsaturated/α-hetero) is 3. The third-order valence-corrected chi connectivity index (χ3v) is 11.1. The van der Waals surface area contributed by atoms with E-state index in [4.69, 9.17) is 65.2 Å². The molecule has 10 rings (SSSR count). The number of pyridine rings is 2. The Morgan fingerprint density at radius 1 is 0.711 bits per heavy atom. The summed E-state index contributed by atoms with van der Waals surface area (Å²) in [6.07, 6.45) is 5.78. The van der Waals surface area contributed by atoms with Crippen LogP contribution in [0, 0.1) is 22.7 Å². The molecule has 0 aliphatic rings. The highest BCUT2D eigenvalue weighted by Crippen LogP contribution is 2.31. The summed E-state index contributed by atoms with van der Waals surface area (Å²) in [5.41, 5.74) is 10.3. The minimum absolute atomic E-state index is 0.0201. The number of furan rings is 3. The number of ketones is 3. The van der Waals surface area contributed by atoms with Crippen LogP contribution < -0.4 is 24.7 Å². The number of benzene rings is 4. The Bertz CT molecular complexity index is 3720. The van der Waals surface area contributed by atoms with Gasteiger partial charge in [0, 0.05) is 41.7 Å². The Morgan fingerprint density at radius 2 is 1.21 bits per heavy atom. The average Bonchev–Trinajstić information content (AvgIpc) is 4.28. The predicted molar refractivity (Wildman–Crippen MR) is 290 cm³/mol. The number of alkyl halides is 2. The van der Waals surface area contributed by atoms with Gasteiger partial charge >= 0.3 is 0 Å². The Hall–Kier alpha value is -9.43. The van der Waals surface area contributed by atoms with Crippen molar-refractivity contribution in [3.63, 3.8) is 0 Å². The van der Waals surface area contributed by atoms with Crippen molar-refractivity contribution in [2.75, 3.05) is 45.4 Å². The van der Waals surface area contributed by atoms with Crippen LogP contribution in [0.15, 0.2) is 147 Å². The SMILES string of the molecule is CC(=O)CCl.COc1ccc(O)c(C=O)c1.COc1ccc2oc(-c3cn4ccc(C#N)cc4n3)cc2c1.COc1ccc2oc(C(=O)CBr)cc2c1.COc1ccc2oc(C(C)=O)cc2c1.N#Cc1ccnc(N)c1. The van der Waals surface area contributed by atoms with Gasteiger partial charge in [0.15, 0.2) is 29.4 Å². The molecule has 6 aromatic heterocycles. The number of phenols is 1. The van der Waals surface area contributed by atoms with Gasteiger partial charge in [-0.05, 0) is 122 Å². The standard InChI is InChI=1S/C17H11N3O2.C11H9BrO3.C11H10O3.C8H8O3.C6H5N3.C3H5ClO/c1-21-13-2-3-15-12(7-13)8-16(22-15)14-10-20-5-4-11(9-18)6-17(20)19-14;1-14-8-2-3-10-7(4-8)5-11(15-10)9(13)6-12;1-7(12)11-6-8-5-9(13-2)3-4-10(8)14-11;1-11-7-2-3-8(10)6(4-7)5-9;7-4-5-1-2-9-6(8)3-5;1-3(5)2-4/h2-8,10H,1H3;2-5H,6H2,1H3;3-6H,1-2H3;2-5,10H,1H3;1-3H,(H2,8,9);2H2,1H3. The van der Waals surface area contributed by atoms with Crippen molar-refractivity contribution >= 4 is 95.5 Å². The van der Waals surface area contributed by atoms with E-state index in [1.54, 1.807) is 82.0 Å². The molecule has 0 unspecified atom stereocenters. The second-order valence-corrected chi connectivity index (χ2v) is 16.4. The first kappa shape index (κ1) is 57.5. The van der Waals surface area contributed by atoms with Gasteiger partial charge in [-0.25, -0.2) is 9.97 Å². The molecule has 0 atom stereocenters. The van der Waals surface area contributed by atoms with Crippen LogP contribution in [0.4, 0.5) is 5.82 Å². The minimum atomic E-state index is -0.0693. The third kappa shape index (κ3) is 16.0. The molecule has 0 radical (unpaired) electrons. The molecule has 76 heavy (non-hydrogen) atoms. The van der Waals surface area contributed by atoms with Gasteiger partial charge in [-0.1, -0.05) is 15.9 Å². The summed E-state index contributed by atoms with van der Waals surface area (Å²) in [6, 6.07) is 37.1.